The molecule has 6 atom stereocenters. The van der Waals surface area contributed by atoms with E-state index < -0.39 is 6.10 Å². The van der Waals surface area contributed by atoms with Crippen LogP contribution in [0.4, 0.5) is 5.13 Å². The van der Waals surface area contributed by atoms with Crippen LogP contribution < -0.4 is 5.32 Å². The molecule has 6 nitrogen and oxygen atoms in total. The lowest BCUT2D eigenvalue weighted by atomic mass is 9.53. The Morgan fingerprint density at radius 3 is 2.79 bits per heavy atom. The summed E-state index contributed by atoms with van der Waals surface area (Å²) in [7, 11) is 0. The highest BCUT2D eigenvalue weighted by molar-refractivity contribution is 7.15. The highest BCUT2D eigenvalue weighted by Gasteiger charge is 2.54. The highest BCUT2D eigenvalue weighted by atomic mass is 32.1. The molecule has 0 aromatic carbocycles. The average Bonchev–Trinajstić information content (AvgIpc) is 3.22. The van der Waals surface area contributed by atoms with E-state index in [1.54, 1.807) is 11.3 Å². The minimum absolute atomic E-state index is 0.00442. The summed E-state index contributed by atoms with van der Waals surface area (Å²) in [4.78, 5) is 25.7. The number of rotatable bonds is 8. The largest absolute Gasteiger partial charge is 0.392 e. The topological polar surface area (TPSA) is 78.4 Å². The van der Waals surface area contributed by atoms with Gasteiger partial charge in [0, 0.05) is 54.7 Å². The molecule has 1 fully saturated rings. The quantitative estimate of drug-likeness (QED) is 0.565. The zero-order valence-corrected chi connectivity index (χ0v) is 22.1. The minimum atomic E-state index is -0.487. The lowest BCUT2D eigenvalue weighted by molar-refractivity contribution is -0.144. The average molecular weight is 485 g/mol. The summed E-state index contributed by atoms with van der Waals surface area (Å²) in [6.07, 6.45) is 5.10. The molecule has 4 rings (SSSR count). The first-order valence-electron chi connectivity index (χ1n) is 12.9. The van der Waals surface area contributed by atoms with E-state index in [2.05, 4.69) is 24.1 Å². The van der Waals surface area contributed by atoms with Crippen molar-refractivity contribution < 1.29 is 9.90 Å². The lowest BCUT2D eigenvalue weighted by Gasteiger charge is -2.53. The van der Waals surface area contributed by atoms with Crippen LogP contribution >= 0.6 is 11.3 Å². The summed E-state index contributed by atoms with van der Waals surface area (Å²) in [5.74, 6) is 0.311. The number of fused-ring (bicyclic) bond motifs is 2. The van der Waals surface area contributed by atoms with Crippen molar-refractivity contribution in [3.63, 3.8) is 0 Å². The Morgan fingerprint density at radius 1 is 1.35 bits per heavy atom. The zero-order chi connectivity index (χ0) is 24.5. The third-order valence-electron chi connectivity index (χ3n) is 8.41. The van der Waals surface area contributed by atoms with Gasteiger partial charge in [-0.1, -0.05) is 26.8 Å². The Balaban J connectivity index is 1.48. The van der Waals surface area contributed by atoms with Gasteiger partial charge in [-0.15, -0.1) is 11.3 Å². The summed E-state index contributed by atoms with van der Waals surface area (Å²) in [6.45, 7) is 12.9. The van der Waals surface area contributed by atoms with Gasteiger partial charge < -0.3 is 15.3 Å². The number of nitrogens with one attached hydrogen (secondary N) is 1. The van der Waals surface area contributed by atoms with E-state index >= 15 is 0 Å². The van der Waals surface area contributed by atoms with Gasteiger partial charge in [-0.2, -0.15) is 0 Å². The fourth-order valence-electron chi connectivity index (χ4n) is 6.47. The van der Waals surface area contributed by atoms with Crippen LogP contribution in [0.25, 0.3) is 0 Å². The Labute approximate surface area is 208 Å². The molecule has 0 radical (unpaired) electrons. The Bertz CT molecular complexity index is 976. The zero-order valence-electron chi connectivity index (χ0n) is 21.3. The van der Waals surface area contributed by atoms with Gasteiger partial charge in [0.2, 0.25) is 5.91 Å². The molecular weight excluding hydrogens is 444 g/mol. The van der Waals surface area contributed by atoms with Crippen LogP contribution in [0.5, 0.6) is 0 Å². The molecular formula is C27H40N4O2S. The van der Waals surface area contributed by atoms with E-state index in [1.165, 1.54) is 4.88 Å². The SMILES string of the molecule is CCN(CC)C(=O)[C@@H](C)[C@@H]1CC[C@@]2(C)Cc3sc(NCCc4ccccn4)nc3[C@@H](C)[C@@H]2[C@H]1O. The van der Waals surface area contributed by atoms with Gasteiger partial charge in [0.05, 0.1) is 11.8 Å². The molecule has 2 aromatic heterocycles. The van der Waals surface area contributed by atoms with Crippen molar-refractivity contribution in [2.75, 3.05) is 25.0 Å². The maximum atomic E-state index is 13.1. The summed E-state index contributed by atoms with van der Waals surface area (Å²) in [6, 6.07) is 6.00. The Hall–Kier alpha value is -1.99. The van der Waals surface area contributed by atoms with Crippen LogP contribution in [-0.4, -0.2) is 51.6 Å². The van der Waals surface area contributed by atoms with Crippen LogP contribution in [0, 0.1) is 23.2 Å². The highest BCUT2D eigenvalue weighted by Crippen LogP contribution is 2.57. The van der Waals surface area contributed by atoms with Gasteiger partial charge in [0.1, 0.15) is 0 Å². The maximum Gasteiger partial charge on any atom is 0.225 e. The van der Waals surface area contributed by atoms with Gasteiger partial charge in [-0.05, 0) is 62.5 Å². The minimum Gasteiger partial charge on any atom is -0.392 e. The van der Waals surface area contributed by atoms with Crippen molar-refractivity contribution in [1.82, 2.24) is 14.9 Å². The first-order chi connectivity index (χ1) is 16.3. The second-order valence-corrected chi connectivity index (χ2v) is 11.5. The standard InChI is InChI=1S/C27H40N4O2S/c1-6-31(7-2)25(33)17(3)20-11-13-27(5)16-21-23(18(4)22(27)24(20)32)30-26(34-21)29-15-12-19-10-8-9-14-28-19/h8-10,14,17-18,20,22,24,32H,6-7,11-13,15-16H2,1-5H3,(H,29,30)/t17-,18-,20-,22+,24-,27-/m0/s1. The molecule has 7 heteroatoms. The van der Waals surface area contributed by atoms with Gasteiger partial charge in [-0.25, -0.2) is 4.98 Å². The predicted octanol–water partition coefficient (Wildman–Crippen LogP) is 4.75. The molecule has 186 valence electrons. The van der Waals surface area contributed by atoms with Crippen molar-refractivity contribution in [2.24, 2.45) is 23.2 Å². The number of anilines is 1. The van der Waals surface area contributed by atoms with Gasteiger partial charge in [0.25, 0.3) is 0 Å². The molecule has 2 heterocycles. The van der Waals surface area contributed by atoms with Crippen LogP contribution in [-0.2, 0) is 17.6 Å². The van der Waals surface area contributed by atoms with Crippen LogP contribution in [0.2, 0.25) is 0 Å². The summed E-state index contributed by atoms with van der Waals surface area (Å²) in [5.41, 5.74) is 2.25. The number of hydrogen-bond acceptors (Lipinski definition) is 6. The second kappa shape index (κ2) is 10.3. The molecule has 1 amide bonds. The number of carbonyl (C=O) groups excluding carboxylic acids is 1. The number of aliphatic hydroxyl groups excluding tert-OH is 1. The van der Waals surface area contributed by atoms with Crippen LogP contribution in [0.3, 0.4) is 0 Å². The fourth-order valence-corrected chi connectivity index (χ4v) is 7.76. The number of thiazole rings is 1. The van der Waals surface area contributed by atoms with Gasteiger partial charge in [-0.3, -0.25) is 9.78 Å². The molecule has 2 aromatic rings. The van der Waals surface area contributed by atoms with Crippen LogP contribution in [0.1, 0.15) is 69.6 Å². The van der Waals surface area contributed by atoms with Gasteiger partial charge >= 0.3 is 0 Å². The van der Waals surface area contributed by atoms with E-state index in [1.807, 2.05) is 50.1 Å². The molecule has 0 spiro atoms. The first-order valence-corrected chi connectivity index (χ1v) is 13.7. The molecule has 2 aliphatic carbocycles. The van der Waals surface area contributed by atoms with Crippen molar-refractivity contribution >= 4 is 22.4 Å². The molecule has 34 heavy (non-hydrogen) atoms. The number of pyridine rings is 1. The van der Waals surface area contributed by atoms with E-state index in [0.717, 1.165) is 61.8 Å². The smallest absolute Gasteiger partial charge is 0.225 e. The number of aromatic nitrogens is 2. The Kier molecular flexibility index (Phi) is 7.63. The third kappa shape index (κ3) is 4.74. The number of aliphatic hydroxyl groups is 1. The van der Waals surface area contributed by atoms with Crippen molar-refractivity contribution in [1.29, 1.82) is 0 Å². The monoisotopic (exact) mass is 484 g/mol. The first kappa shape index (κ1) is 25.1. The molecule has 2 aliphatic rings. The number of nitrogens with zero attached hydrogens (tertiary/aromatic N) is 3. The van der Waals surface area contributed by atoms with Crippen molar-refractivity contribution in [2.45, 2.75) is 72.3 Å². The van der Waals surface area contributed by atoms with E-state index in [9.17, 15) is 9.90 Å². The normalized spacial score (nSPS) is 29.1. The van der Waals surface area contributed by atoms with E-state index in [4.69, 9.17) is 4.98 Å². The fraction of sp³-hybridized carbons (Fsp3) is 0.667. The maximum absolute atomic E-state index is 13.1. The molecule has 1 saturated carbocycles. The van der Waals surface area contributed by atoms with Gasteiger partial charge in [0.15, 0.2) is 5.13 Å². The molecule has 0 unspecified atom stereocenters. The molecule has 0 aliphatic heterocycles. The number of amides is 1. The van der Waals surface area contributed by atoms with Crippen molar-refractivity contribution in [3.8, 4) is 0 Å². The Morgan fingerprint density at radius 2 is 2.12 bits per heavy atom. The number of hydrogen-bond donors (Lipinski definition) is 2. The number of carbonyl (C=O) groups is 1. The lowest BCUT2D eigenvalue weighted by Crippen LogP contribution is -2.53. The molecule has 0 saturated heterocycles. The molecule has 2 N–H and O–H groups in total. The summed E-state index contributed by atoms with van der Waals surface area (Å²) in [5, 5.41) is 16.1. The van der Waals surface area contributed by atoms with E-state index in [0.29, 0.717) is 0 Å². The van der Waals surface area contributed by atoms with E-state index in [-0.39, 0.29) is 35.0 Å². The van der Waals surface area contributed by atoms with Crippen molar-refractivity contribution in [3.05, 3.63) is 40.7 Å². The van der Waals surface area contributed by atoms with Crippen LogP contribution in [0.15, 0.2) is 24.4 Å². The molecule has 0 bridgehead atoms. The third-order valence-corrected chi connectivity index (χ3v) is 9.44. The predicted molar refractivity (Wildman–Crippen MR) is 138 cm³/mol. The summed E-state index contributed by atoms with van der Waals surface area (Å²) < 4.78 is 0. The second-order valence-electron chi connectivity index (χ2n) is 10.5. The summed E-state index contributed by atoms with van der Waals surface area (Å²) >= 11 is 1.77.